The Morgan fingerprint density at radius 3 is 2.73 bits per heavy atom. The van der Waals surface area contributed by atoms with Crippen molar-refractivity contribution in [3.8, 4) is 22.9 Å². The highest BCUT2D eigenvalue weighted by atomic mass is 35.5. The van der Waals surface area contributed by atoms with Gasteiger partial charge in [0.25, 0.3) is 0 Å². The first-order chi connectivity index (χ1) is 11.4. The van der Waals surface area contributed by atoms with Gasteiger partial charge in [-0.1, -0.05) is 0 Å². The summed E-state index contributed by atoms with van der Waals surface area (Å²) in [6.07, 6.45) is 1.35. The highest BCUT2D eigenvalue weighted by Gasteiger charge is 2.43. The molecule has 0 bridgehead atoms. The molecule has 1 atom stereocenters. The number of rotatable bonds is 3. The van der Waals surface area contributed by atoms with E-state index in [9.17, 15) is 13.9 Å². The van der Waals surface area contributed by atoms with Crippen LogP contribution < -0.4 is 14.8 Å². The molecule has 1 unspecified atom stereocenters. The maximum Gasteiger partial charge on any atom is 0.586 e. The van der Waals surface area contributed by atoms with Gasteiger partial charge in [0.1, 0.15) is 5.82 Å². The van der Waals surface area contributed by atoms with Crippen molar-refractivity contribution >= 4 is 24.8 Å². The number of nitrogens with zero attached hydrogens (tertiary/aromatic N) is 2. The van der Waals surface area contributed by atoms with Gasteiger partial charge < -0.3 is 24.5 Å². The first-order valence-corrected chi connectivity index (χ1v) is 7.79. The lowest BCUT2D eigenvalue weighted by molar-refractivity contribution is -0.286. The molecule has 0 aliphatic carbocycles. The Kier molecular flexibility index (Phi) is 6.02. The van der Waals surface area contributed by atoms with Crippen LogP contribution in [0.2, 0.25) is 0 Å². The Balaban J connectivity index is 0.00000121. The number of ether oxygens (including phenoxy) is 2. The SMILES string of the molecule is Cl.Cl.OC1(Cn2ccnc2-c2ccc3c(c2)OC(F)(F)O3)CCCNC1. The molecule has 0 spiro atoms. The average molecular weight is 410 g/mol. The number of hydrogen-bond acceptors (Lipinski definition) is 5. The smallest absolute Gasteiger partial charge is 0.395 e. The number of alkyl halides is 2. The average Bonchev–Trinajstić information content (AvgIpc) is 3.08. The number of nitrogens with one attached hydrogen (secondary N) is 1. The number of aromatic nitrogens is 2. The molecule has 3 heterocycles. The molecule has 144 valence electrons. The minimum atomic E-state index is -3.64. The van der Waals surface area contributed by atoms with Crippen molar-refractivity contribution in [1.29, 1.82) is 0 Å². The van der Waals surface area contributed by atoms with Crippen LogP contribution >= 0.6 is 24.8 Å². The van der Waals surface area contributed by atoms with Gasteiger partial charge in [-0.15, -0.1) is 33.6 Å². The maximum absolute atomic E-state index is 13.1. The Hall–Kier alpha value is -1.61. The van der Waals surface area contributed by atoms with E-state index in [4.69, 9.17) is 0 Å². The van der Waals surface area contributed by atoms with Crippen molar-refractivity contribution in [3.05, 3.63) is 30.6 Å². The Morgan fingerprint density at radius 1 is 1.23 bits per heavy atom. The third kappa shape index (κ3) is 4.03. The second-order valence-electron chi connectivity index (χ2n) is 6.21. The van der Waals surface area contributed by atoms with E-state index in [1.165, 1.54) is 12.1 Å². The molecule has 2 aromatic rings. The molecule has 1 fully saturated rings. The first-order valence-electron chi connectivity index (χ1n) is 7.79. The van der Waals surface area contributed by atoms with Gasteiger partial charge in [-0.25, -0.2) is 4.98 Å². The van der Waals surface area contributed by atoms with Gasteiger partial charge in [0.05, 0.1) is 12.1 Å². The summed E-state index contributed by atoms with van der Waals surface area (Å²) in [7, 11) is 0. The van der Waals surface area contributed by atoms with Crippen LogP contribution in [0.1, 0.15) is 12.8 Å². The van der Waals surface area contributed by atoms with Crippen LogP contribution in [0.3, 0.4) is 0 Å². The second-order valence-corrected chi connectivity index (χ2v) is 6.21. The van der Waals surface area contributed by atoms with Gasteiger partial charge in [0.2, 0.25) is 0 Å². The fourth-order valence-corrected chi connectivity index (χ4v) is 3.19. The van der Waals surface area contributed by atoms with Gasteiger partial charge in [0, 0.05) is 24.5 Å². The summed E-state index contributed by atoms with van der Waals surface area (Å²) in [5.74, 6) is 0.553. The lowest BCUT2D eigenvalue weighted by atomic mass is 9.94. The zero-order valence-electron chi connectivity index (χ0n) is 13.7. The number of piperidine rings is 1. The molecule has 1 aromatic carbocycles. The minimum absolute atomic E-state index is 0. The van der Waals surface area contributed by atoms with Crippen LogP contribution in [0, 0.1) is 0 Å². The highest BCUT2D eigenvalue weighted by Crippen LogP contribution is 2.42. The summed E-state index contributed by atoms with van der Waals surface area (Å²) in [5, 5.41) is 13.9. The van der Waals surface area contributed by atoms with Crippen molar-refractivity contribution in [1.82, 2.24) is 14.9 Å². The van der Waals surface area contributed by atoms with Gasteiger partial charge in [-0.3, -0.25) is 0 Å². The van der Waals surface area contributed by atoms with Crippen LogP contribution in [0.25, 0.3) is 11.4 Å². The topological polar surface area (TPSA) is 68.5 Å². The molecule has 4 rings (SSSR count). The van der Waals surface area contributed by atoms with E-state index >= 15 is 0 Å². The number of fused-ring (bicyclic) bond motifs is 1. The highest BCUT2D eigenvalue weighted by molar-refractivity contribution is 5.85. The zero-order valence-corrected chi connectivity index (χ0v) is 15.3. The van der Waals surface area contributed by atoms with E-state index in [0.29, 0.717) is 30.9 Å². The summed E-state index contributed by atoms with van der Waals surface area (Å²) in [4.78, 5) is 4.29. The standard InChI is InChI=1S/C16H17F2N3O3.2ClH/c17-16(18)23-12-3-2-11(8-13(12)24-16)14-20-6-7-21(14)10-15(22)4-1-5-19-9-15;;/h2-3,6-8,19,22H,1,4-5,9-10H2;2*1H. The molecule has 0 saturated carbocycles. The van der Waals surface area contributed by atoms with Crippen LogP contribution in [0.4, 0.5) is 8.78 Å². The first kappa shape index (κ1) is 20.7. The van der Waals surface area contributed by atoms with E-state index in [1.807, 2.05) is 4.57 Å². The van der Waals surface area contributed by atoms with E-state index in [0.717, 1.165) is 13.0 Å². The van der Waals surface area contributed by atoms with Crippen molar-refractivity contribution in [2.75, 3.05) is 13.1 Å². The molecule has 0 amide bonds. The second kappa shape index (κ2) is 7.56. The molecule has 1 aromatic heterocycles. The maximum atomic E-state index is 13.1. The van der Waals surface area contributed by atoms with Crippen LogP contribution in [-0.4, -0.2) is 39.6 Å². The Bertz CT molecular complexity index is 767. The predicted molar refractivity (Wildman–Crippen MR) is 95.4 cm³/mol. The predicted octanol–water partition coefficient (Wildman–Crippen LogP) is 2.83. The number of benzene rings is 1. The Morgan fingerprint density at radius 2 is 2.00 bits per heavy atom. The third-order valence-electron chi connectivity index (χ3n) is 4.29. The molecule has 26 heavy (non-hydrogen) atoms. The third-order valence-corrected chi connectivity index (χ3v) is 4.29. The molecular weight excluding hydrogens is 391 g/mol. The molecule has 2 N–H and O–H groups in total. The molecule has 2 aliphatic heterocycles. The molecule has 10 heteroatoms. The minimum Gasteiger partial charge on any atom is -0.395 e. The van der Waals surface area contributed by atoms with Gasteiger partial charge in [0.15, 0.2) is 11.5 Å². The normalized spacial score (nSPS) is 23.0. The van der Waals surface area contributed by atoms with Crippen molar-refractivity contribution < 1.29 is 23.4 Å². The van der Waals surface area contributed by atoms with Crippen LogP contribution in [0.5, 0.6) is 11.5 Å². The quantitative estimate of drug-likeness (QED) is 0.815. The summed E-state index contributed by atoms with van der Waals surface area (Å²) >= 11 is 0. The Labute approximate surface area is 161 Å². The number of imidazole rings is 1. The van der Waals surface area contributed by atoms with Gasteiger partial charge in [-0.05, 0) is 37.6 Å². The molecular formula is C16H19Cl2F2N3O3. The molecule has 0 radical (unpaired) electrons. The molecule has 6 nitrogen and oxygen atoms in total. The molecule has 1 saturated heterocycles. The van der Waals surface area contributed by atoms with Crippen molar-refractivity contribution in [2.45, 2.75) is 31.3 Å². The number of β-amino-alcohol motifs (C(OH)–C–C–N with tert-alkyl or cyclic N) is 1. The van der Waals surface area contributed by atoms with Gasteiger partial charge in [-0.2, -0.15) is 0 Å². The summed E-state index contributed by atoms with van der Waals surface area (Å²) in [5.41, 5.74) is -0.232. The van der Waals surface area contributed by atoms with Crippen LogP contribution in [-0.2, 0) is 6.54 Å². The fraction of sp³-hybridized carbons (Fsp3) is 0.438. The number of aliphatic hydroxyl groups is 1. The van der Waals surface area contributed by atoms with Crippen LogP contribution in [0.15, 0.2) is 30.6 Å². The van der Waals surface area contributed by atoms with Gasteiger partial charge >= 0.3 is 6.29 Å². The van der Waals surface area contributed by atoms with E-state index in [-0.39, 0.29) is 36.3 Å². The lowest BCUT2D eigenvalue weighted by Gasteiger charge is -2.33. The van der Waals surface area contributed by atoms with E-state index in [1.54, 1.807) is 18.5 Å². The molecule has 2 aliphatic rings. The number of halogens is 4. The zero-order chi connectivity index (χ0) is 16.8. The lowest BCUT2D eigenvalue weighted by Crippen LogP contribution is -2.48. The van der Waals surface area contributed by atoms with E-state index < -0.39 is 11.9 Å². The largest absolute Gasteiger partial charge is 0.586 e. The number of hydrogen-bond donors (Lipinski definition) is 2. The summed E-state index contributed by atoms with van der Waals surface area (Å²) < 4.78 is 37.0. The van der Waals surface area contributed by atoms with Crippen molar-refractivity contribution in [3.63, 3.8) is 0 Å². The van der Waals surface area contributed by atoms with E-state index in [2.05, 4.69) is 19.8 Å². The monoisotopic (exact) mass is 409 g/mol. The fourth-order valence-electron chi connectivity index (χ4n) is 3.19. The summed E-state index contributed by atoms with van der Waals surface area (Å²) in [6.45, 7) is 1.79. The van der Waals surface area contributed by atoms with Crippen molar-refractivity contribution in [2.24, 2.45) is 0 Å². The summed E-state index contributed by atoms with van der Waals surface area (Å²) in [6, 6.07) is 4.55.